The van der Waals surface area contributed by atoms with Gasteiger partial charge in [-0.1, -0.05) is 66.4 Å². The van der Waals surface area contributed by atoms with Crippen LogP contribution < -0.4 is 5.32 Å². The molecule has 3 nitrogen and oxygen atoms in total. The van der Waals surface area contributed by atoms with Gasteiger partial charge >= 0.3 is 12.3 Å². The number of alkyl carbamates (subject to hydrolysis) is 1. The molecule has 0 heterocycles. The van der Waals surface area contributed by atoms with E-state index < -0.39 is 17.8 Å². The first-order valence-corrected chi connectivity index (χ1v) is 10.1. The van der Waals surface area contributed by atoms with Crippen LogP contribution in [0.3, 0.4) is 0 Å². The number of alkyl halides is 3. The van der Waals surface area contributed by atoms with Crippen molar-refractivity contribution in [1.82, 2.24) is 5.32 Å². The Balaban J connectivity index is 1.36. The number of carbonyl (C=O) groups excluding carboxylic acids is 1. The summed E-state index contributed by atoms with van der Waals surface area (Å²) in [6, 6.07) is 19.9. The summed E-state index contributed by atoms with van der Waals surface area (Å²) in [6.07, 6.45) is -5.05. The van der Waals surface area contributed by atoms with Crippen LogP contribution >= 0.6 is 0 Å². The number of fused-ring (bicyclic) bond motifs is 3. The van der Waals surface area contributed by atoms with E-state index in [4.69, 9.17) is 4.74 Å². The number of rotatable bonds is 3. The van der Waals surface area contributed by atoms with Crippen molar-refractivity contribution in [3.05, 3.63) is 94.5 Å². The maximum absolute atomic E-state index is 13.0. The third kappa shape index (κ3) is 4.33. The zero-order valence-corrected chi connectivity index (χ0v) is 17.3. The lowest BCUT2D eigenvalue weighted by molar-refractivity contribution is -0.138. The number of benzene rings is 3. The zero-order chi connectivity index (χ0) is 22.7. The van der Waals surface area contributed by atoms with Gasteiger partial charge in [0.05, 0.1) is 12.1 Å². The second-order valence-electron chi connectivity index (χ2n) is 7.46. The first-order chi connectivity index (χ1) is 15.4. The molecule has 3 aromatic rings. The van der Waals surface area contributed by atoms with Crippen LogP contribution in [0.25, 0.3) is 11.1 Å². The summed E-state index contributed by atoms with van der Waals surface area (Å²) in [4.78, 5) is 12.1. The molecule has 0 atom stereocenters. The lowest BCUT2D eigenvalue weighted by atomic mass is 9.98. The Kier molecular flexibility index (Phi) is 5.91. The predicted molar refractivity (Wildman–Crippen MR) is 116 cm³/mol. The standard InChI is InChI=1S/C26H20F3NO2/c1-17-18(8-6-14-24(17)26(27,28)29)9-7-15-30-25(31)32-16-23-21-12-4-2-10-19(21)20-11-3-5-13-22(20)23/h2-6,8,10-14,23H,15-16H2,1H3,(H,30,31). The molecule has 6 heteroatoms. The van der Waals surface area contributed by atoms with Gasteiger partial charge in [-0.25, -0.2) is 4.79 Å². The van der Waals surface area contributed by atoms with Crippen molar-refractivity contribution in [2.24, 2.45) is 0 Å². The van der Waals surface area contributed by atoms with Gasteiger partial charge in [0.15, 0.2) is 0 Å². The maximum Gasteiger partial charge on any atom is 0.416 e. The Hall–Kier alpha value is -3.72. The van der Waals surface area contributed by atoms with Crippen LogP contribution in [0.4, 0.5) is 18.0 Å². The molecule has 32 heavy (non-hydrogen) atoms. The maximum atomic E-state index is 13.0. The molecule has 0 aromatic heterocycles. The van der Waals surface area contributed by atoms with Crippen LogP contribution in [0.1, 0.15) is 33.7 Å². The number of hydrogen-bond donors (Lipinski definition) is 1. The van der Waals surface area contributed by atoms with Gasteiger partial charge in [-0.2, -0.15) is 13.2 Å². The molecule has 162 valence electrons. The Morgan fingerprint density at radius 2 is 1.59 bits per heavy atom. The van der Waals surface area contributed by atoms with E-state index in [0.717, 1.165) is 28.3 Å². The average Bonchev–Trinajstić information content (AvgIpc) is 3.09. The van der Waals surface area contributed by atoms with Gasteiger partial charge < -0.3 is 10.1 Å². The van der Waals surface area contributed by atoms with Crippen LogP contribution in [0.15, 0.2) is 66.7 Å². The van der Waals surface area contributed by atoms with E-state index in [1.165, 1.54) is 19.1 Å². The second-order valence-corrected chi connectivity index (χ2v) is 7.46. The van der Waals surface area contributed by atoms with Crippen LogP contribution in [-0.2, 0) is 10.9 Å². The normalized spacial score (nSPS) is 12.4. The fraction of sp³-hybridized carbons (Fsp3) is 0.192. The molecule has 1 aliphatic rings. The van der Waals surface area contributed by atoms with E-state index in [9.17, 15) is 18.0 Å². The Morgan fingerprint density at radius 3 is 2.22 bits per heavy atom. The molecular weight excluding hydrogens is 415 g/mol. The fourth-order valence-corrected chi connectivity index (χ4v) is 3.98. The van der Waals surface area contributed by atoms with Crippen molar-refractivity contribution >= 4 is 6.09 Å². The van der Waals surface area contributed by atoms with E-state index in [1.54, 1.807) is 0 Å². The van der Waals surface area contributed by atoms with Crippen molar-refractivity contribution in [3.63, 3.8) is 0 Å². The average molecular weight is 435 g/mol. The molecule has 0 saturated heterocycles. The SMILES string of the molecule is Cc1c(C#CCNC(=O)OCC2c3ccccc3-c3ccccc32)cccc1C(F)(F)F. The van der Waals surface area contributed by atoms with Gasteiger partial charge in [-0.15, -0.1) is 0 Å². The van der Waals surface area contributed by atoms with Gasteiger partial charge in [0, 0.05) is 11.5 Å². The van der Waals surface area contributed by atoms with E-state index in [-0.39, 0.29) is 30.2 Å². The fourth-order valence-electron chi connectivity index (χ4n) is 3.98. The van der Waals surface area contributed by atoms with Gasteiger partial charge in [-0.3, -0.25) is 0 Å². The summed E-state index contributed by atoms with van der Waals surface area (Å²) in [5, 5.41) is 2.53. The van der Waals surface area contributed by atoms with Gasteiger partial charge in [-0.05, 0) is 46.9 Å². The van der Waals surface area contributed by atoms with E-state index in [2.05, 4.69) is 29.3 Å². The highest BCUT2D eigenvalue weighted by molar-refractivity contribution is 5.79. The van der Waals surface area contributed by atoms with Crippen LogP contribution in [0.2, 0.25) is 0 Å². The van der Waals surface area contributed by atoms with Crippen LogP contribution in [0, 0.1) is 18.8 Å². The zero-order valence-electron chi connectivity index (χ0n) is 17.3. The molecule has 0 spiro atoms. The highest BCUT2D eigenvalue weighted by Gasteiger charge is 2.32. The minimum atomic E-state index is -4.43. The van der Waals surface area contributed by atoms with Crippen molar-refractivity contribution in [1.29, 1.82) is 0 Å². The lowest BCUT2D eigenvalue weighted by Crippen LogP contribution is -2.26. The van der Waals surface area contributed by atoms with Crippen molar-refractivity contribution in [3.8, 4) is 23.0 Å². The minimum Gasteiger partial charge on any atom is -0.449 e. The Morgan fingerprint density at radius 1 is 0.969 bits per heavy atom. The van der Waals surface area contributed by atoms with Crippen LogP contribution in [0.5, 0.6) is 0 Å². The molecule has 0 saturated carbocycles. The third-order valence-corrected chi connectivity index (χ3v) is 5.53. The molecule has 3 aromatic carbocycles. The number of carbonyl (C=O) groups is 1. The first kappa shape index (κ1) is 21.5. The molecule has 4 rings (SSSR count). The molecule has 0 aliphatic heterocycles. The summed E-state index contributed by atoms with van der Waals surface area (Å²) in [7, 11) is 0. The van der Waals surface area contributed by atoms with E-state index >= 15 is 0 Å². The summed E-state index contributed by atoms with van der Waals surface area (Å²) in [5.41, 5.74) is 4.12. The Labute approximate surface area is 184 Å². The molecule has 0 fully saturated rings. The van der Waals surface area contributed by atoms with E-state index in [1.807, 2.05) is 36.4 Å². The van der Waals surface area contributed by atoms with Crippen molar-refractivity contribution in [2.75, 3.05) is 13.2 Å². The molecule has 0 radical (unpaired) electrons. The predicted octanol–water partition coefficient (Wildman–Crippen LogP) is 5.90. The molecule has 1 N–H and O–H groups in total. The highest BCUT2D eigenvalue weighted by Crippen LogP contribution is 2.44. The molecule has 0 bridgehead atoms. The number of hydrogen-bond acceptors (Lipinski definition) is 2. The third-order valence-electron chi connectivity index (χ3n) is 5.53. The van der Waals surface area contributed by atoms with Crippen molar-refractivity contribution < 1.29 is 22.7 Å². The minimum absolute atomic E-state index is 0.0354. The number of halogens is 3. The second kappa shape index (κ2) is 8.80. The molecule has 0 unspecified atom stereocenters. The van der Waals surface area contributed by atoms with Gasteiger partial charge in [0.25, 0.3) is 0 Å². The smallest absolute Gasteiger partial charge is 0.416 e. The largest absolute Gasteiger partial charge is 0.449 e. The summed E-state index contributed by atoms with van der Waals surface area (Å²) < 4.78 is 44.4. The Bertz CT molecular complexity index is 1180. The summed E-state index contributed by atoms with van der Waals surface area (Å²) in [5.74, 6) is 5.32. The van der Waals surface area contributed by atoms with Gasteiger partial charge in [0.2, 0.25) is 0 Å². The topological polar surface area (TPSA) is 38.3 Å². The summed E-state index contributed by atoms with van der Waals surface area (Å²) in [6.45, 7) is 1.53. The number of amides is 1. The van der Waals surface area contributed by atoms with Crippen LogP contribution in [-0.4, -0.2) is 19.2 Å². The summed E-state index contributed by atoms with van der Waals surface area (Å²) >= 11 is 0. The lowest BCUT2D eigenvalue weighted by Gasteiger charge is -2.14. The quantitative estimate of drug-likeness (QED) is 0.520. The monoisotopic (exact) mass is 435 g/mol. The highest BCUT2D eigenvalue weighted by atomic mass is 19.4. The first-order valence-electron chi connectivity index (χ1n) is 10.1. The molecular formula is C26H20F3NO2. The number of ether oxygens (including phenoxy) is 1. The van der Waals surface area contributed by atoms with E-state index in [0.29, 0.717) is 0 Å². The number of nitrogens with one attached hydrogen (secondary N) is 1. The van der Waals surface area contributed by atoms with Gasteiger partial charge in [0.1, 0.15) is 6.61 Å². The van der Waals surface area contributed by atoms with Crippen molar-refractivity contribution in [2.45, 2.75) is 19.0 Å². The molecule has 1 aliphatic carbocycles. The molecule has 1 amide bonds.